The van der Waals surface area contributed by atoms with Crippen LogP contribution in [0.5, 0.6) is 0 Å². The predicted octanol–water partition coefficient (Wildman–Crippen LogP) is 4.45. The Kier molecular flexibility index (Phi) is 5.60. The van der Waals surface area contributed by atoms with Crippen LogP contribution in [0.4, 0.5) is 16.2 Å². The van der Waals surface area contributed by atoms with Crippen LogP contribution in [0.2, 0.25) is 10.0 Å². The summed E-state index contributed by atoms with van der Waals surface area (Å²) < 4.78 is 1.65. The van der Waals surface area contributed by atoms with E-state index in [-0.39, 0.29) is 6.03 Å². The molecular weight excluding hydrogens is 411 g/mol. The number of anilines is 2. The molecule has 0 bridgehead atoms. The molecule has 2 heterocycles. The molecule has 1 aliphatic rings. The van der Waals surface area contributed by atoms with Crippen molar-refractivity contribution >= 4 is 40.6 Å². The lowest BCUT2D eigenvalue weighted by atomic mass is 10.2. The molecule has 0 spiro atoms. The van der Waals surface area contributed by atoms with E-state index >= 15 is 0 Å². The molecule has 150 valence electrons. The second-order valence-corrected chi connectivity index (χ2v) is 7.68. The van der Waals surface area contributed by atoms with Crippen molar-refractivity contribution in [3.05, 3.63) is 64.4 Å². The Morgan fingerprint density at radius 1 is 1.03 bits per heavy atom. The summed E-state index contributed by atoms with van der Waals surface area (Å²) in [5.41, 5.74) is 3.42. The SMILES string of the molecule is CN1CCCN(c2ccc(NCc3cn(-c4ccc(Cl)c(Cl)c4)nn3)cc2)C1=O. The van der Waals surface area contributed by atoms with Gasteiger partial charge in [-0.2, -0.15) is 0 Å². The minimum atomic E-state index is 0.0378. The van der Waals surface area contributed by atoms with Gasteiger partial charge in [0.2, 0.25) is 0 Å². The summed E-state index contributed by atoms with van der Waals surface area (Å²) in [6, 6.07) is 13.2. The highest BCUT2D eigenvalue weighted by atomic mass is 35.5. The van der Waals surface area contributed by atoms with Crippen molar-refractivity contribution < 1.29 is 4.79 Å². The van der Waals surface area contributed by atoms with Crippen LogP contribution in [0.25, 0.3) is 5.69 Å². The topological polar surface area (TPSA) is 66.3 Å². The average Bonchev–Trinajstić information content (AvgIpc) is 3.20. The van der Waals surface area contributed by atoms with Gasteiger partial charge in [-0.1, -0.05) is 28.4 Å². The molecular formula is C20H20Cl2N6O. The van der Waals surface area contributed by atoms with Gasteiger partial charge in [-0.3, -0.25) is 4.90 Å². The number of benzene rings is 2. The molecule has 1 N–H and O–H groups in total. The zero-order valence-corrected chi connectivity index (χ0v) is 17.4. The molecule has 0 radical (unpaired) electrons. The molecule has 1 aromatic heterocycles. The van der Waals surface area contributed by atoms with Crippen LogP contribution in [-0.2, 0) is 6.54 Å². The fourth-order valence-corrected chi connectivity index (χ4v) is 3.48. The first-order valence-electron chi connectivity index (χ1n) is 9.24. The maximum atomic E-state index is 12.3. The Morgan fingerprint density at radius 3 is 2.55 bits per heavy atom. The van der Waals surface area contributed by atoms with E-state index in [1.54, 1.807) is 26.6 Å². The quantitative estimate of drug-likeness (QED) is 0.649. The summed E-state index contributed by atoms with van der Waals surface area (Å²) in [6.45, 7) is 2.07. The Labute approximate surface area is 178 Å². The molecule has 2 aromatic carbocycles. The van der Waals surface area contributed by atoms with E-state index in [2.05, 4.69) is 15.6 Å². The fourth-order valence-electron chi connectivity index (χ4n) is 3.19. The van der Waals surface area contributed by atoms with E-state index in [1.807, 2.05) is 43.6 Å². The van der Waals surface area contributed by atoms with Gasteiger partial charge in [0.05, 0.1) is 28.5 Å². The number of carbonyl (C=O) groups is 1. The zero-order valence-electron chi connectivity index (χ0n) is 15.8. The number of halogens is 2. The lowest BCUT2D eigenvalue weighted by molar-refractivity contribution is 0.207. The number of hydrogen-bond donors (Lipinski definition) is 1. The fraction of sp³-hybridized carbons (Fsp3) is 0.250. The van der Waals surface area contributed by atoms with Crippen LogP contribution in [0, 0.1) is 0 Å². The summed E-state index contributed by atoms with van der Waals surface area (Å²) in [6.07, 6.45) is 2.81. The number of amides is 2. The van der Waals surface area contributed by atoms with Gasteiger partial charge < -0.3 is 10.2 Å². The Morgan fingerprint density at radius 2 is 1.79 bits per heavy atom. The number of nitrogens with one attached hydrogen (secondary N) is 1. The summed E-state index contributed by atoms with van der Waals surface area (Å²) in [4.78, 5) is 15.8. The molecule has 0 atom stereocenters. The van der Waals surface area contributed by atoms with Crippen molar-refractivity contribution in [2.75, 3.05) is 30.4 Å². The van der Waals surface area contributed by atoms with Gasteiger partial charge in [-0.05, 0) is 48.9 Å². The average molecular weight is 431 g/mol. The first-order chi connectivity index (χ1) is 14.0. The van der Waals surface area contributed by atoms with Crippen molar-refractivity contribution in [3.63, 3.8) is 0 Å². The second-order valence-electron chi connectivity index (χ2n) is 6.86. The largest absolute Gasteiger partial charge is 0.379 e. The van der Waals surface area contributed by atoms with Crippen LogP contribution in [-0.4, -0.2) is 46.1 Å². The molecule has 29 heavy (non-hydrogen) atoms. The van der Waals surface area contributed by atoms with Crippen molar-refractivity contribution in [2.45, 2.75) is 13.0 Å². The molecule has 4 rings (SSSR count). The van der Waals surface area contributed by atoms with Gasteiger partial charge >= 0.3 is 6.03 Å². The molecule has 3 aromatic rings. The number of urea groups is 1. The van der Waals surface area contributed by atoms with Crippen molar-refractivity contribution in [1.29, 1.82) is 0 Å². The van der Waals surface area contributed by atoms with E-state index in [9.17, 15) is 4.79 Å². The zero-order chi connectivity index (χ0) is 20.4. The van der Waals surface area contributed by atoms with E-state index in [1.165, 1.54) is 0 Å². The number of hydrogen-bond acceptors (Lipinski definition) is 4. The monoisotopic (exact) mass is 430 g/mol. The van der Waals surface area contributed by atoms with Gasteiger partial charge in [0.25, 0.3) is 0 Å². The first kappa shape index (κ1) is 19.5. The highest BCUT2D eigenvalue weighted by Crippen LogP contribution is 2.24. The molecule has 0 aliphatic carbocycles. The van der Waals surface area contributed by atoms with Crippen LogP contribution >= 0.6 is 23.2 Å². The maximum Gasteiger partial charge on any atom is 0.324 e. The van der Waals surface area contributed by atoms with Crippen molar-refractivity contribution in [3.8, 4) is 5.69 Å². The summed E-state index contributed by atoms with van der Waals surface area (Å²) in [5.74, 6) is 0. The number of carbonyl (C=O) groups excluding carboxylic acids is 1. The number of nitrogens with zero attached hydrogens (tertiary/aromatic N) is 5. The van der Waals surface area contributed by atoms with E-state index in [0.717, 1.165) is 42.3 Å². The lowest BCUT2D eigenvalue weighted by Crippen LogP contribution is -2.47. The third-order valence-electron chi connectivity index (χ3n) is 4.79. The standard InChI is InChI=1S/C20H20Cl2N6O/c1-26-9-2-10-27(20(26)29)16-5-3-14(4-6-16)23-12-15-13-28(25-24-15)17-7-8-18(21)19(22)11-17/h3-8,11,13,23H,2,9-10,12H2,1H3. The molecule has 1 fully saturated rings. The van der Waals surface area contributed by atoms with Gasteiger partial charge in [-0.25, -0.2) is 9.48 Å². The molecule has 0 saturated carbocycles. The van der Waals surface area contributed by atoms with Gasteiger partial charge in [0, 0.05) is 31.5 Å². The summed E-state index contributed by atoms with van der Waals surface area (Å²) in [7, 11) is 1.83. The Balaban J connectivity index is 1.39. The van der Waals surface area contributed by atoms with Gasteiger partial charge in [0.1, 0.15) is 5.69 Å². The molecule has 1 aliphatic heterocycles. The summed E-state index contributed by atoms with van der Waals surface area (Å²) >= 11 is 12.0. The normalized spacial score (nSPS) is 14.4. The predicted molar refractivity (Wildman–Crippen MR) is 115 cm³/mol. The Hall–Kier alpha value is -2.77. The van der Waals surface area contributed by atoms with E-state index < -0.39 is 0 Å². The lowest BCUT2D eigenvalue weighted by Gasteiger charge is -2.33. The maximum absolute atomic E-state index is 12.3. The van der Waals surface area contributed by atoms with E-state index in [4.69, 9.17) is 23.2 Å². The third-order valence-corrected chi connectivity index (χ3v) is 5.53. The molecule has 1 saturated heterocycles. The molecule has 9 heteroatoms. The van der Waals surface area contributed by atoms with Crippen molar-refractivity contribution in [1.82, 2.24) is 19.9 Å². The highest BCUT2D eigenvalue weighted by molar-refractivity contribution is 6.42. The van der Waals surface area contributed by atoms with Gasteiger partial charge in [-0.15, -0.1) is 5.10 Å². The van der Waals surface area contributed by atoms with Crippen LogP contribution in [0.1, 0.15) is 12.1 Å². The summed E-state index contributed by atoms with van der Waals surface area (Å²) in [5, 5.41) is 12.6. The van der Waals surface area contributed by atoms with Gasteiger partial charge in [0.15, 0.2) is 0 Å². The minimum Gasteiger partial charge on any atom is -0.379 e. The number of aromatic nitrogens is 3. The highest BCUT2D eigenvalue weighted by Gasteiger charge is 2.23. The van der Waals surface area contributed by atoms with E-state index in [0.29, 0.717) is 16.6 Å². The van der Waals surface area contributed by atoms with Crippen molar-refractivity contribution in [2.24, 2.45) is 0 Å². The number of rotatable bonds is 5. The molecule has 2 amide bonds. The first-order valence-corrected chi connectivity index (χ1v) is 10.00. The third kappa shape index (κ3) is 4.31. The second kappa shape index (κ2) is 8.31. The smallest absolute Gasteiger partial charge is 0.324 e. The minimum absolute atomic E-state index is 0.0378. The van der Waals surface area contributed by atoms with Crippen LogP contribution in [0.15, 0.2) is 48.7 Å². The Bertz CT molecular complexity index is 1020. The van der Waals surface area contributed by atoms with Crippen LogP contribution in [0.3, 0.4) is 0 Å². The molecule has 0 unspecified atom stereocenters. The van der Waals surface area contributed by atoms with Crippen LogP contribution < -0.4 is 10.2 Å². The molecule has 7 nitrogen and oxygen atoms in total.